The van der Waals surface area contributed by atoms with Gasteiger partial charge in [0.1, 0.15) is 18.1 Å². The van der Waals surface area contributed by atoms with Crippen molar-refractivity contribution in [1.82, 2.24) is 0 Å². The fourth-order valence-electron chi connectivity index (χ4n) is 3.08. The van der Waals surface area contributed by atoms with Crippen molar-refractivity contribution in [3.05, 3.63) is 114 Å². The summed E-state index contributed by atoms with van der Waals surface area (Å²) in [4.78, 5) is 24.7. The van der Waals surface area contributed by atoms with E-state index in [9.17, 15) is 9.59 Å². The first-order valence-electron chi connectivity index (χ1n) is 10.1. The number of carbonyl (C=O) groups is 2. The first-order chi connectivity index (χ1) is 15.6. The fraction of sp³-hybridized carbons (Fsp3) is 0.0769. The molecule has 0 saturated carbocycles. The van der Waals surface area contributed by atoms with Crippen LogP contribution in [0.15, 0.2) is 95.4 Å². The first-order valence-corrected chi connectivity index (χ1v) is 10.1. The van der Waals surface area contributed by atoms with Crippen molar-refractivity contribution in [3.63, 3.8) is 0 Å². The molecule has 1 aromatic heterocycles. The molecule has 2 N–H and O–H groups in total. The van der Waals surface area contributed by atoms with Crippen molar-refractivity contribution in [1.29, 1.82) is 0 Å². The highest BCUT2D eigenvalue weighted by molar-refractivity contribution is 6.04. The van der Waals surface area contributed by atoms with Gasteiger partial charge >= 0.3 is 0 Å². The summed E-state index contributed by atoms with van der Waals surface area (Å²) in [5, 5.41) is 5.64. The van der Waals surface area contributed by atoms with Crippen LogP contribution in [-0.2, 0) is 6.61 Å². The number of hydrogen-bond donors (Lipinski definition) is 2. The van der Waals surface area contributed by atoms with Gasteiger partial charge in [0, 0.05) is 22.5 Å². The summed E-state index contributed by atoms with van der Waals surface area (Å²) in [6.07, 6.45) is 0. The van der Waals surface area contributed by atoms with Gasteiger partial charge < -0.3 is 19.8 Å². The lowest BCUT2D eigenvalue weighted by Crippen LogP contribution is -2.11. The molecule has 0 saturated heterocycles. The largest absolute Gasteiger partial charge is 0.489 e. The van der Waals surface area contributed by atoms with Crippen LogP contribution in [-0.4, -0.2) is 11.8 Å². The minimum absolute atomic E-state index is 0.192. The summed E-state index contributed by atoms with van der Waals surface area (Å²) in [6.45, 7) is 2.03. The van der Waals surface area contributed by atoms with Crippen molar-refractivity contribution in [3.8, 4) is 5.75 Å². The summed E-state index contributed by atoms with van der Waals surface area (Å²) < 4.78 is 11.4. The molecule has 6 heteroatoms. The molecule has 0 fully saturated rings. The molecule has 0 unspecified atom stereocenters. The van der Waals surface area contributed by atoms with Crippen molar-refractivity contribution in [2.24, 2.45) is 0 Å². The number of anilines is 2. The van der Waals surface area contributed by atoms with Crippen molar-refractivity contribution in [2.45, 2.75) is 13.5 Å². The number of benzene rings is 3. The topological polar surface area (TPSA) is 80.6 Å². The van der Waals surface area contributed by atoms with E-state index in [1.54, 1.807) is 37.3 Å². The van der Waals surface area contributed by atoms with Gasteiger partial charge in [-0.05, 0) is 61.5 Å². The van der Waals surface area contributed by atoms with Crippen LogP contribution < -0.4 is 15.4 Å². The Morgan fingerprint density at radius 1 is 0.781 bits per heavy atom. The van der Waals surface area contributed by atoms with Crippen molar-refractivity contribution in [2.75, 3.05) is 10.6 Å². The van der Waals surface area contributed by atoms with E-state index in [0.29, 0.717) is 22.8 Å². The lowest BCUT2D eigenvalue weighted by molar-refractivity contribution is 0.0993. The quantitative estimate of drug-likeness (QED) is 0.399. The minimum atomic E-state index is -0.320. The smallest absolute Gasteiger partial charge is 0.291 e. The molecular formula is C26H22N2O4. The van der Waals surface area contributed by atoms with Crippen LogP contribution in [0.1, 0.15) is 32.2 Å². The number of aryl methyl sites for hydroxylation is 1. The average Bonchev–Trinajstić information content (AvgIpc) is 3.20. The maximum Gasteiger partial charge on any atom is 0.291 e. The summed E-state index contributed by atoms with van der Waals surface area (Å²) in [5.41, 5.74) is 2.73. The molecule has 0 atom stereocenters. The van der Waals surface area contributed by atoms with Crippen LogP contribution in [0.5, 0.6) is 5.75 Å². The van der Waals surface area contributed by atoms with Gasteiger partial charge in [0.2, 0.25) is 0 Å². The molecule has 2 amide bonds. The minimum Gasteiger partial charge on any atom is -0.489 e. The van der Waals surface area contributed by atoms with Gasteiger partial charge in [0.05, 0.1) is 0 Å². The van der Waals surface area contributed by atoms with E-state index < -0.39 is 0 Å². The Labute approximate surface area is 185 Å². The number of amides is 2. The Morgan fingerprint density at radius 3 is 1.94 bits per heavy atom. The zero-order valence-electron chi connectivity index (χ0n) is 17.5. The second-order valence-electron chi connectivity index (χ2n) is 7.15. The van der Waals surface area contributed by atoms with Crippen molar-refractivity contribution >= 4 is 23.2 Å². The molecule has 1 heterocycles. The Morgan fingerprint density at radius 2 is 1.34 bits per heavy atom. The number of para-hydroxylation sites is 2. The Kier molecular flexibility index (Phi) is 6.32. The molecule has 160 valence electrons. The lowest BCUT2D eigenvalue weighted by Gasteiger charge is -2.07. The van der Waals surface area contributed by atoms with Gasteiger partial charge in [-0.25, -0.2) is 0 Å². The average molecular weight is 426 g/mol. The van der Waals surface area contributed by atoms with Crippen LogP contribution >= 0.6 is 0 Å². The maximum atomic E-state index is 12.4. The van der Waals surface area contributed by atoms with Gasteiger partial charge in [-0.3, -0.25) is 9.59 Å². The predicted molar refractivity (Wildman–Crippen MR) is 123 cm³/mol. The van der Waals surface area contributed by atoms with Crippen LogP contribution in [0.4, 0.5) is 11.4 Å². The summed E-state index contributed by atoms with van der Waals surface area (Å²) >= 11 is 0. The monoisotopic (exact) mass is 426 g/mol. The first kappa shape index (κ1) is 20.9. The highest BCUT2D eigenvalue weighted by atomic mass is 16.5. The van der Waals surface area contributed by atoms with Crippen molar-refractivity contribution < 1.29 is 18.7 Å². The second kappa shape index (κ2) is 9.66. The molecule has 32 heavy (non-hydrogen) atoms. The predicted octanol–water partition coefficient (Wildman–Crippen LogP) is 5.67. The Hall–Kier alpha value is -4.32. The summed E-state index contributed by atoms with van der Waals surface area (Å²) in [7, 11) is 0. The molecule has 0 aliphatic rings. The highest BCUT2D eigenvalue weighted by Gasteiger charge is 2.15. The third-order valence-corrected chi connectivity index (χ3v) is 4.82. The molecule has 6 nitrogen and oxygen atoms in total. The molecule has 0 bridgehead atoms. The zero-order chi connectivity index (χ0) is 22.3. The van der Waals surface area contributed by atoms with E-state index in [4.69, 9.17) is 9.15 Å². The van der Waals surface area contributed by atoms with E-state index in [1.807, 2.05) is 60.7 Å². The third-order valence-electron chi connectivity index (χ3n) is 4.82. The van der Waals surface area contributed by atoms with Crippen LogP contribution in [0.2, 0.25) is 0 Å². The number of carbonyl (C=O) groups excluding carboxylic acids is 2. The van der Waals surface area contributed by atoms with Gasteiger partial charge in [-0.15, -0.1) is 0 Å². The molecule has 0 aliphatic carbocycles. The van der Waals surface area contributed by atoms with E-state index >= 15 is 0 Å². The highest BCUT2D eigenvalue weighted by Crippen LogP contribution is 2.20. The number of hydrogen-bond acceptors (Lipinski definition) is 4. The molecular weight excluding hydrogens is 404 g/mol. The van der Waals surface area contributed by atoms with Gasteiger partial charge in [0.15, 0.2) is 5.76 Å². The SMILES string of the molecule is Cc1oc(C(=O)Nc2ccccc2)cc1COc1ccc(C(=O)Nc2ccccc2)cc1. The number of nitrogens with one attached hydrogen (secondary N) is 2. The van der Waals surface area contributed by atoms with Gasteiger partial charge in [-0.1, -0.05) is 36.4 Å². The van der Waals surface area contributed by atoms with Crippen LogP contribution in [0.3, 0.4) is 0 Å². The lowest BCUT2D eigenvalue weighted by atomic mass is 10.2. The molecule has 3 aromatic carbocycles. The number of rotatable bonds is 7. The van der Waals surface area contributed by atoms with Crippen LogP contribution in [0, 0.1) is 6.92 Å². The summed E-state index contributed by atoms with van der Waals surface area (Å²) in [5.74, 6) is 0.930. The fourth-order valence-corrected chi connectivity index (χ4v) is 3.08. The maximum absolute atomic E-state index is 12.4. The molecule has 0 aliphatic heterocycles. The molecule has 4 rings (SSSR count). The Bertz CT molecular complexity index is 1200. The van der Waals surface area contributed by atoms with Crippen LogP contribution in [0.25, 0.3) is 0 Å². The van der Waals surface area contributed by atoms with E-state index in [-0.39, 0.29) is 24.2 Å². The molecule has 4 aromatic rings. The number of furan rings is 1. The zero-order valence-corrected chi connectivity index (χ0v) is 17.5. The van der Waals surface area contributed by atoms with E-state index in [1.165, 1.54) is 0 Å². The van der Waals surface area contributed by atoms with E-state index in [0.717, 1.165) is 11.3 Å². The summed E-state index contributed by atoms with van der Waals surface area (Å²) in [6, 6.07) is 27.0. The Balaban J connectivity index is 1.34. The van der Waals surface area contributed by atoms with Gasteiger partial charge in [-0.2, -0.15) is 0 Å². The van der Waals surface area contributed by atoms with E-state index in [2.05, 4.69) is 10.6 Å². The molecule has 0 radical (unpaired) electrons. The standard InChI is InChI=1S/C26H22N2O4/c1-18-20(16-24(32-18)26(30)28-22-10-6-3-7-11-22)17-31-23-14-12-19(13-15-23)25(29)27-21-8-4-2-5-9-21/h2-16H,17H2,1H3,(H,27,29)(H,28,30). The normalized spacial score (nSPS) is 10.4. The second-order valence-corrected chi connectivity index (χ2v) is 7.15. The van der Waals surface area contributed by atoms with Gasteiger partial charge in [0.25, 0.3) is 11.8 Å². The third kappa shape index (κ3) is 5.23. The molecule has 0 spiro atoms. The number of ether oxygens (including phenoxy) is 1.